The summed E-state index contributed by atoms with van der Waals surface area (Å²) in [6.45, 7) is 3.19. The SMILES string of the molecule is CC1(CCC(=O)CCCc2ccccc2)OCCO1. The van der Waals surface area contributed by atoms with Gasteiger partial charge in [0.05, 0.1) is 13.2 Å². The number of carbonyl (C=O) groups is 1. The van der Waals surface area contributed by atoms with Crippen LogP contribution in [-0.4, -0.2) is 24.8 Å². The third-order valence-electron chi connectivity index (χ3n) is 3.52. The number of benzene rings is 1. The van der Waals surface area contributed by atoms with Crippen LogP contribution >= 0.6 is 0 Å². The van der Waals surface area contributed by atoms with Crippen LogP contribution in [0.5, 0.6) is 0 Å². The second-order valence-corrected chi connectivity index (χ2v) is 5.21. The Kier molecular flexibility index (Phi) is 5.11. The van der Waals surface area contributed by atoms with Gasteiger partial charge in [-0.15, -0.1) is 0 Å². The highest BCUT2D eigenvalue weighted by Gasteiger charge is 2.30. The van der Waals surface area contributed by atoms with E-state index in [1.54, 1.807) is 0 Å². The molecule has 1 heterocycles. The fraction of sp³-hybridized carbons (Fsp3) is 0.562. The minimum absolute atomic E-state index is 0.302. The lowest BCUT2D eigenvalue weighted by atomic mass is 10.0. The number of aryl methyl sites for hydroxylation is 1. The van der Waals surface area contributed by atoms with Crippen LogP contribution in [0.15, 0.2) is 30.3 Å². The fourth-order valence-electron chi connectivity index (χ4n) is 2.33. The molecule has 1 saturated heterocycles. The smallest absolute Gasteiger partial charge is 0.166 e. The number of hydrogen-bond donors (Lipinski definition) is 0. The first-order valence-corrected chi connectivity index (χ1v) is 7.01. The largest absolute Gasteiger partial charge is 0.348 e. The Balaban J connectivity index is 1.62. The van der Waals surface area contributed by atoms with E-state index in [2.05, 4.69) is 12.1 Å². The van der Waals surface area contributed by atoms with Gasteiger partial charge in [0, 0.05) is 19.3 Å². The molecule has 0 spiro atoms. The van der Waals surface area contributed by atoms with Crippen LogP contribution in [0.1, 0.15) is 38.2 Å². The molecule has 1 fully saturated rings. The number of Topliss-reactive ketones (excluding diaryl/α,β-unsaturated/α-hetero) is 1. The van der Waals surface area contributed by atoms with Gasteiger partial charge >= 0.3 is 0 Å². The molecule has 0 amide bonds. The Morgan fingerprint density at radius 1 is 1.16 bits per heavy atom. The van der Waals surface area contributed by atoms with Crippen molar-refractivity contribution >= 4 is 5.78 Å². The zero-order valence-electron chi connectivity index (χ0n) is 11.6. The predicted molar refractivity (Wildman–Crippen MR) is 73.9 cm³/mol. The zero-order valence-corrected chi connectivity index (χ0v) is 11.6. The van der Waals surface area contributed by atoms with Gasteiger partial charge in [-0.2, -0.15) is 0 Å². The summed E-state index contributed by atoms with van der Waals surface area (Å²) in [5, 5.41) is 0. The van der Waals surface area contributed by atoms with E-state index < -0.39 is 5.79 Å². The van der Waals surface area contributed by atoms with Gasteiger partial charge in [-0.3, -0.25) is 4.79 Å². The molecule has 2 rings (SSSR count). The molecule has 0 aromatic heterocycles. The molecule has 1 aromatic rings. The van der Waals surface area contributed by atoms with Crippen LogP contribution in [0.2, 0.25) is 0 Å². The summed E-state index contributed by atoms with van der Waals surface area (Å²) in [5.74, 6) is -0.231. The molecule has 0 aliphatic carbocycles. The fourth-order valence-corrected chi connectivity index (χ4v) is 2.33. The Morgan fingerprint density at radius 3 is 2.53 bits per heavy atom. The van der Waals surface area contributed by atoms with Gasteiger partial charge in [-0.1, -0.05) is 30.3 Å². The van der Waals surface area contributed by atoms with Crippen molar-refractivity contribution in [2.24, 2.45) is 0 Å². The van der Waals surface area contributed by atoms with Crippen LogP contribution in [-0.2, 0) is 20.7 Å². The molecular weight excluding hydrogens is 240 g/mol. The van der Waals surface area contributed by atoms with E-state index in [9.17, 15) is 4.79 Å². The number of ketones is 1. The zero-order chi connectivity index (χ0) is 13.6. The molecule has 1 aromatic carbocycles. The van der Waals surface area contributed by atoms with Gasteiger partial charge in [-0.05, 0) is 25.3 Å². The summed E-state index contributed by atoms with van der Waals surface area (Å²) < 4.78 is 11.0. The number of carbonyl (C=O) groups excluding carboxylic acids is 1. The third kappa shape index (κ3) is 4.77. The van der Waals surface area contributed by atoms with Crippen LogP contribution in [0.25, 0.3) is 0 Å². The van der Waals surface area contributed by atoms with E-state index >= 15 is 0 Å². The summed E-state index contributed by atoms with van der Waals surface area (Å²) in [4.78, 5) is 11.8. The molecule has 104 valence electrons. The summed E-state index contributed by atoms with van der Waals surface area (Å²) in [5.41, 5.74) is 1.30. The van der Waals surface area contributed by atoms with E-state index in [0.29, 0.717) is 38.3 Å². The minimum Gasteiger partial charge on any atom is -0.348 e. The summed E-state index contributed by atoms with van der Waals surface area (Å²) >= 11 is 0. The molecule has 0 atom stereocenters. The molecule has 0 bridgehead atoms. The standard InChI is InChI=1S/C16H22O3/c1-16(18-12-13-19-16)11-10-15(17)9-5-8-14-6-3-2-4-7-14/h2-4,6-7H,5,8-13H2,1H3. The normalized spacial score (nSPS) is 17.5. The molecule has 0 N–H and O–H groups in total. The van der Waals surface area contributed by atoms with Crippen molar-refractivity contribution in [2.45, 2.75) is 44.8 Å². The molecule has 3 nitrogen and oxygen atoms in total. The predicted octanol–water partition coefficient (Wildman–Crippen LogP) is 3.12. The first-order valence-electron chi connectivity index (χ1n) is 7.01. The number of ether oxygens (including phenoxy) is 2. The van der Waals surface area contributed by atoms with Gasteiger partial charge < -0.3 is 9.47 Å². The first kappa shape index (κ1) is 14.2. The maximum absolute atomic E-state index is 11.8. The van der Waals surface area contributed by atoms with Gasteiger partial charge in [0.1, 0.15) is 5.78 Å². The molecule has 19 heavy (non-hydrogen) atoms. The lowest BCUT2D eigenvalue weighted by Gasteiger charge is -2.21. The number of rotatable bonds is 7. The van der Waals surface area contributed by atoms with Crippen LogP contribution in [0, 0.1) is 0 Å². The maximum atomic E-state index is 11.8. The average Bonchev–Trinajstić information content (AvgIpc) is 2.85. The first-order chi connectivity index (χ1) is 9.18. The van der Waals surface area contributed by atoms with E-state index in [1.165, 1.54) is 5.56 Å². The Labute approximate surface area is 114 Å². The van der Waals surface area contributed by atoms with E-state index in [0.717, 1.165) is 12.8 Å². The summed E-state index contributed by atoms with van der Waals surface area (Å²) in [6, 6.07) is 10.3. The van der Waals surface area contributed by atoms with Gasteiger partial charge in [0.15, 0.2) is 5.79 Å². The summed E-state index contributed by atoms with van der Waals surface area (Å²) in [7, 11) is 0. The van der Waals surface area contributed by atoms with Gasteiger partial charge in [-0.25, -0.2) is 0 Å². The van der Waals surface area contributed by atoms with E-state index in [1.807, 2.05) is 25.1 Å². The third-order valence-corrected chi connectivity index (χ3v) is 3.52. The van der Waals surface area contributed by atoms with Crippen molar-refractivity contribution in [2.75, 3.05) is 13.2 Å². The molecule has 0 saturated carbocycles. The summed E-state index contributed by atoms with van der Waals surface area (Å²) in [6.07, 6.45) is 3.74. The topological polar surface area (TPSA) is 35.5 Å². The lowest BCUT2D eigenvalue weighted by molar-refractivity contribution is -0.151. The monoisotopic (exact) mass is 262 g/mol. The Bertz CT molecular complexity index is 394. The van der Waals surface area contributed by atoms with Crippen LogP contribution < -0.4 is 0 Å². The van der Waals surface area contributed by atoms with E-state index in [4.69, 9.17) is 9.47 Å². The lowest BCUT2D eigenvalue weighted by Crippen LogP contribution is -2.26. The maximum Gasteiger partial charge on any atom is 0.166 e. The van der Waals surface area contributed by atoms with Gasteiger partial charge in [0.2, 0.25) is 0 Å². The molecule has 3 heteroatoms. The second-order valence-electron chi connectivity index (χ2n) is 5.21. The average molecular weight is 262 g/mol. The highest BCUT2D eigenvalue weighted by molar-refractivity contribution is 5.78. The van der Waals surface area contributed by atoms with Crippen molar-refractivity contribution < 1.29 is 14.3 Å². The van der Waals surface area contributed by atoms with E-state index in [-0.39, 0.29) is 0 Å². The van der Waals surface area contributed by atoms with Crippen LogP contribution in [0.4, 0.5) is 0 Å². The van der Waals surface area contributed by atoms with Crippen molar-refractivity contribution in [3.05, 3.63) is 35.9 Å². The van der Waals surface area contributed by atoms with Gasteiger partial charge in [0.25, 0.3) is 0 Å². The molecule has 0 unspecified atom stereocenters. The molecular formula is C16H22O3. The van der Waals surface area contributed by atoms with Crippen molar-refractivity contribution in [1.82, 2.24) is 0 Å². The molecule has 1 aliphatic heterocycles. The van der Waals surface area contributed by atoms with Crippen molar-refractivity contribution in [1.29, 1.82) is 0 Å². The Morgan fingerprint density at radius 2 is 1.84 bits per heavy atom. The highest BCUT2D eigenvalue weighted by Crippen LogP contribution is 2.24. The molecule has 0 radical (unpaired) electrons. The quantitative estimate of drug-likeness (QED) is 0.757. The second kappa shape index (κ2) is 6.83. The molecule has 1 aliphatic rings. The van der Waals surface area contributed by atoms with Crippen molar-refractivity contribution in [3.8, 4) is 0 Å². The highest BCUT2D eigenvalue weighted by atomic mass is 16.7. The minimum atomic E-state index is -0.533. The van der Waals surface area contributed by atoms with Crippen molar-refractivity contribution in [3.63, 3.8) is 0 Å². The Hall–Kier alpha value is -1.19. The number of hydrogen-bond acceptors (Lipinski definition) is 3. The van der Waals surface area contributed by atoms with Crippen LogP contribution in [0.3, 0.4) is 0 Å².